The number of carbonyl (C=O) groups excluding carboxylic acids is 1. The number of rotatable bonds is 6. The summed E-state index contributed by atoms with van der Waals surface area (Å²) in [5.74, 6) is -0.0584. The van der Waals surface area contributed by atoms with E-state index in [9.17, 15) is 9.90 Å². The van der Waals surface area contributed by atoms with Crippen LogP contribution in [0.3, 0.4) is 0 Å². The number of amides is 1. The summed E-state index contributed by atoms with van der Waals surface area (Å²) in [6, 6.07) is 6.69. The molecule has 1 saturated heterocycles. The van der Waals surface area contributed by atoms with Crippen molar-refractivity contribution in [1.82, 2.24) is 10.6 Å². The van der Waals surface area contributed by atoms with Crippen molar-refractivity contribution in [3.63, 3.8) is 0 Å². The Morgan fingerprint density at radius 3 is 2.65 bits per heavy atom. The molecular formula is C18H28N2O3. The molecule has 1 aliphatic heterocycles. The van der Waals surface area contributed by atoms with E-state index in [4.69, 9.17) is 4.74 Å². The fourth-order valence-corrected chi connectivity index (χ4v) is 3.20. The SMILES string of the molecule is CC1(C)CC(NCCCNC(=O)c2cccc(O)c2)C(C)(C)O1. The van der Waals surface area contributed by atoms with Gasteiger partial charge in [-0.2, -0.15) is 0 Å². The first-order valence-corrected chi connectivity index (χ1v) is 8.20. The summed E-state index contributed by atoms with van der Waals surface area (Å²) in [5, 5.41) is 15.8. The van der Waals surface area contributed by atoms with Crippen LogP contribution in [-0.2, 0) is 4.74 Å². The maximum absolute atomic E-state index is 11.9. The molecule has 0 spiro atoms. The number of phenols is 1. The van der Waals surface area contributed by atoms with E-state index < -0.39 is 0 Å². The summed E-state index contributed by atoms with van der Waals surface area (Å²) < 4.78 is 6.06. The van der Waals surface area contributed by atoms with E-state index >= 15 is 0 Å². The monoisotopic (exact) mass is 320 g/mol. The molecule has 1 aromatic carbocycles. The second-order valence-corrected chi connectivity index (χ2v) is 7.34. The second-order valence-electron chi connectivity index (χ2n) is 7.34. The summed E-state index contributed by atoms with van der Waals surface area (Å²) >= 11 is 0. The van der Waals surface area contributed by atoms with E-state index in [0.29, 0.717) is 18.2 Å². The van der Waals surface area contributed by atoms with Crippen molar-refractivity contribution in [2.24, 2.45) is 0 Å². The number of aromatic hydroxyl groups is 1. The maximum atomic E-state index is 11.9. The minimum atomic E-state index is -0.172. The van der Waals surface area contributed by atoms with Gasteiger partial charge >= 0.3 is 0 Å². The summed E-state index contributed by atoms with van der Waals surface area (Å²) in [5.41, 5.74) is 0.212. The molecule has 0 bridgehead atoms. The molecule has 1 amide bonds. The van der Waals surface area contributed by atoms with Crippen molar-refractivity contribution in [2.75, 3.05) is 13.1 Å². The zero-order valence-corrected chi connectivity index (χ0v) is 14.5. The summed E-state index contributed by atoms with van der Waals surface area (Å²) in [6.07, 6.45) is 1.83. The molecule has 0 aromatic heterocycles. The highest BCUT2D eigenvalue weighted by Crippen LogP contribution is 2.37. The van der Waals surface area contributed by atoms with Crippen molar-refractivity contribution in [3.05, 3.63) is 29.8 Å². The van der Waals surface area contributed by atoms with Crippen LogP contribution in [0, 0.1) is 0 Å². The average Bonchev–Trinajstić information content (AvgIpc) is 2.65. The van der Waals surface area contributed by atoms with Crippen LogP contribution in [0.25, 0.3) is 0 Å². The van der Waals surface area contributed by atoms with Crippen LogP contribution in [0.2, 0.25) is 0 Å². The van der Waals surface area contributed by atoms with Crippen molar-refractivity contribution in [2.45, 2.75) is 57.8 Å². The molecule has 128 valence electrons. The number of nitrogens with one attached hydrogen (secondary N) is 2. The Kier molecular flexibility index (Phi) is 5.32. The molecule has 0 saturated carbocycles. The number of phenolic OH excluding ortho intramolecular Hbond substituents is 1. The highest BCUT2D eigenvalue weighted by molar-refractivity contribution is 5.94. The lowest BCUT2D eigenvalue weighted by Gasteiger charge is -2.27. The smallest absolute Gasteiger partial charge is 0.251 e. The topological polar surface area (TPSA) is 70.6 Å². The Bertz CT molecular complexity index is 555. The Morgan fingerprint density at radius 2 is 2.04 bits per heavy atom. The standard InChI is InChI=1S/C18H28N2O3/c1-17(2)12-15(18(3,4)23-17)19-9-6-10-20-16(22)13-7-5-8-14(21)11-13/h5,7-8,11,15,19,21H,6,9-10,12H2,1-4H3,(H,20,22). The molecule has 5 heteroatoms. The van der Waals surface area contributed by atoms with Crippen LogP contribution >= 0.6 is 0 Å². The van der Waals surface area contributed by atoms with Crippen LogP contribution in [0.15, 0.2) is 24.3 Å². The van der Waals surface area contributed by atoms with Gasteiger partial charge < -0.3 is 20.5 Å². The predicted molar refractivity (Wildman–Crippen MR) is 90.7 cm³/mol. The van der Waals surface area contributed by atoms with Gasteiger partial charge in [-0.15, -0.1) is 0 Å². The molecule has 3 N–H and O–H groups in total. The summed E-state index contributed by atoms with van der Waals surface area (Å²) in [6.45, 7) is 9.89. The minimum absolute atomic E-state index is 0.0926. The molecule has 0 radical (unpaired) electrons. The van der Waals surface area contributed by atoms with Crippen molar-refractivity contribution < 1.29 is 14.6 Å². The van der Waals surface area contributed by atoms with Gasteiger partial charge in [0.25, 0.3) is 5.91 Å². The normalized spacial score (nSPS) is 22.0. The Morgan fingerprint density at radius 1 is 1.30 bits per heavy atom. The molecule has 5 nitrogen and oxygen atoms in total. The average molecular weight is 320 g/mol. The molecular weight excluding hydrogens is 292 g/mol. The van der Waals surface area contributed by atoms with Crippen molar-refractivity contribution in [3.8, 4) is 5.75 Å². The number of hydrogen-bond acceptors (Lipinski definition) is 4. The molecule has 0 aliphatic carbocycles. The van der Waals surface area contributed by atoms with Crippen molar-refractivity contribution >= 4 is 5.91 Å². The number of carbonyl (C=O) groups is 1. The zero-order valence-electron chi connectivity index (χ0n) is 14.5. The van der Waals surface area contributed by atoms with Crippen LogP contribution in [-0.4, -0.2) is 41.3 Å². The summed E-state index contributed by atoms with van der Waals surface area (Å²) in [4.78, 5) is 11.9. The first-order valence-electron chi connectivity index (χ1n) is 8.20. The first-order chi connectivity index (χ1) is 10.7. The fraction of sp³-hybridized carbons (Fsp3) is 0.611. The van der Waals surface area contributed by atoms with E-state index in [2.05, 4.69) is 38.3 Å². The quantitative estimate of drug-likeness (QED) is 0.704. The third-order valence-electron chi connectivity index (χ3n) is 4.21. The van der Waals surface area contributed by atoms with Crippen LogP contribution < -0.4 is 10.6 Å². The van der Waals surface area contributed by atoms with E-state index in [1.165, 1.54) is 6.07 Å². The molecule has 1 heterocycles. The third kappa shape index (κ3) is 4.94. The van der Waals surface area contributed by atoms with E-state index in [0.717, 1.165) is 19.4 Å². The van der Waals surface area contributed by atoms with Crippen LogP contribution in [0.1, 0.15) is 50.9 Å². The lowest BCUT2D eigenvalue weighted by molar-refractivity contribution is -0.0697. The Balaban J connectivity index is 1.69. The molecule has 1 aromatic rings. The van der Waals surface area contributed by atoms with Gasteiger partial charge in [0.15, 0.2) is 0 Å². The Labute approximate surface area is 138 Å². The maximum Gasteiger partial charge on any atom is 0.251 e. The predicted octanol–water partition coefficient (Wildman–Crippen LogP) is 2.45. The van der Waals surface area contributed by atoms with Gasteiger partial charge in [0.05, 0.1) is 11.2 Å². The number of benzene rings is 1. The highest BCUT2D eigenvalue weighted by atomic mass is 16.5. The lowest BCUT2D eigenvalue weighted by atomic mass is 9.94. The van der Waals surface area contributed by atoms with Gasteiger partial charge in [-0.1, -0.05) is 6.07 Å². The van der Waals surface area contributed by atoms with E-state index in [-0.39, 0.29) is 22.9 Å². The van der Waals surface area contributed by atoms with Gasteiger partial charge in [0.2, 0.25) is 0 Å². The third-order valence-corrected chi connectivity index (χ3v) is 4.21. The van der Waals surface area contributed by atoms with E-state index in [1.807, 2.05) is 0 Å². The van der Waals surface area contributed by atoms with Gasteiger partial charge in [0, 0.05) is 18.2 Å². The van der Waals surface area contributed by atoms with Gasteiger partial charge in [-0.05, 0) is 65.3 Å². The van der Waals surface area contributed by atoms with Gasteiger partial charge in [-0.25, -0.2) is 0 Å². The molecule has 1 fully saturated rings. The van der Waals surface area contributed by atoms with E-state index in [1.54, 1.807) is 18.2 Å². The zero-order chi connectivity index (χ0) is 17.1. The highest BCUT2D eigenvalue weighted by Gasteiger charge is 2.45. The molecule has 2 rings (SSSR count). The van der Waals surface area contributed by atoms with Crippen LogP contribution in [0.4, 0.5) is 0 Å². The lowest BCUT2D eigenvalue weighted by Crippen LogP contribution is -2.44. The van der Waals surface area contributed by atoms with Crippen LogP contribution in [0.5, 0.6) is 5.75 Å². The molecule has 1 atom stereocenters. The second kappa shape index (κ2) is 6.89. The fourth-order valence-electron chi connectivity index (χ4n) is 3.20. The molecule has 1 unspecified atom stereocenters. The number of ether oxygens (including phenoxy) is 1. The number of hydrogen-bond donors (Lipinski definition) is 3. The Hall–Kier alpha value is -1.59. The molecule has 23 heavy (non-hydrogen) atoms. The molecule has 1 aliphatic rings. The van der Waals surface area contributed by atoms with Gasteiger partial charge in [0.1, 0.15) is 5.75 Å². The first kappa shape index (κ1) is 17.8. The van der Waals surface area contributed by atoms with Crippen molar-refractivity contribution in [1.29, 1.82) is 0 Å². The minimum Gasteiger partial charge on any atom is -0.508 e. The summed E-state index contributed by atoms with van der Waals surface area (Å²) in [7, 11) is 0. The largest absolute Gasteiger partial charge is 0.508 e. The van der Waals surface area contributed by atoms with Gasteiger partial charge in [-0.3, -0.25) is 4.79 Å².